The SMILES string of the molecule is CC(C)(C)CCC(=O)C1CSCCO1. The Balaban J connectivity index is 2.27. The van der Waals surface area contributed by atoms with Crippen molar-refractivity contribution in [2.45, 2.75) is 39.7 Å². The van der Waals surface area contributed by atoms with Crippen LogP contribution < -0.4 is 0 Å². The van der Waals surface area contributed by atoms with E-state index in [4.69, 9.17) is 4.74 Å². The summed E-state index contributed by atoms with van der Waals surface area (Å²) in [7, 11) is 0. The van der Waals surface area contributed by atoms with Crippen LogP contribution in [0.15, 0.2) is 0 Å². The van der Waals surface area contributed by atoms with Gasteiger partial charge in [-0.2, -0.15) is 11.8 Å². The van der Waals surface area contributed by atoms with Gasteiger partial charge in [0.2, 0.25) is 0 Å². The molecule has 0 amide bonds. The van der Waals surface area contributed by atoms with E-state index in [9.17, 15) is 4.79 Å². The molecule has 1 saturated heterocycles. The lowest BCUT2D eigenvalue weighted by atomic mass is 9.89. The molecular weight excluding hydrogens is 196 g/mol. The fourth-order valence-electron chi connectivity index (χ4n) is 1.33. The highest BCUT2D eigenvalue weighted by molar-refractivity contribution is 7.99. The fourth-order valence-corrected chi connectivity index (χ4v) is 2.21. The van der Waals surface area contributed by atoms with E-state index < -0.39 is 0 Å². The van der Waals surface area contributed by atoms with Crippen molar-refractivity contribution in [3.05, 3.63) is 0 Å². The first-order valence-corrected chi connectivity index (χ1v) is 6.36. The van der Waals surface area contributed by atoms with Crippen molar-refractivity contribution in [1.29, 1.82) is 0 Å². The average molecular weight is 216 g/mol. The summed E-state index contributed by atoms with van der Waals surface area (Å²) in [6, 6.07) is 0. The molecule has 0 spiro atoms. The summed E-state index contributed by atoms with van der Waals surface area (Å²) >= 11 is 1.82. The number of Topliss-reactive ketones (excluding diaryl/α,β-unsaturated/α-hetero) is 1. The minimum absolute atomic E-state index is 0.129. The first-order valence-electron chi connectivity index (χ1n) is 5.21. The first-order chi connectivity index (χ1) is 6.49. The third kappa shape index (κ3) is 4.47. The highest BCUT2D eigenvalue weighted by Gasteiger charge is 2.23. The molecule has 0 aromatic carbocycles. The summed E-state index contributed by atoms with van der Waals surface area (Å²) in [6.07, 6.45) is 1.49. The number of carbonyl (C=O) groups is 1. The van der Waals surface area contributed by atoms with E-state index >= 15 is 0 Å². The van der Waals surface area contributed by atoms with Gasteiger partial charge >= 0.3 is 0 Å². The number of rotatable bonds is 3. The molecule has 1 atom stereocenters. The van der Waals surface area contributed by atoms with Gasteiger partial charge < -0.3 is 4.74 Å². The lowest BCUT2D eigenvalue weighted by Crippen LogP contribution is -2.31. The van der Waals surface area contributed by atoms with Gasteiger partial charge in [-0.25, -0.2) is 0 Å². The number of hydrogen-bond donors (Lipinski definition) is 0. The molecule has 82 valence electrons. The molecule has 1 rings (SSSR count). The number of hydrogen-bond acceptors (Lipinski definition) is 3. The van der Waals surface area contributed by atoms with E-state index in [1.165, 1.54) is 0 Å². The number of ketones is 1. The van der Waals surface area contributed by atoms with Crippen molar-refractivity contribution >= 4 is 17.5 Å². The van der Waals surface area contributed by atoms with Crippen molar-refractivity contribution in [3.63, 3.8) is 0 Å². The normalized spacial score (nSPS) is 23.5. The number of carbonyl (C=O) groups excluding carboxylic acids is 1. The minimum atomic E-state index is -0.129. The quantitative estimate of drug-likeness (QED) is 0.725. The molecule has 1 unspecified atom stereocenters. The molecule has 14 heavy (non-hydrogen) atoms. The van der Waals surface area contributed by atoms with Crippen molar-refractivity contribution in [2.24, 2.45) is 5.41 Å². The third-order valence-corrected chi connectivity index (χ3v) is 3.29. The van der Waals surface area contributed by atoms with Crippen LogP contribution in [-0.2, 0) is 9.53 Å². The molecule has 1 aliphatic heterocycles. The Hall–Kier alpha value is -0.0200. The topological polar surface area (TPSA) is 26.3 Å². The third-order valence-electron chi connectivity index (χ3n) is 2.30. The molecule has 0 aromatic heterocycles. The molecule has 1 aliphatic rings. The van der Waals surface area contributed by atoms with E-state index in [0.717, 1.165) is 24.5 Å². The van der Waals surface area contributed by atoms with Gasteiger partial charge in [-0.1, -0.05) is 20.8 Å². The Kier molecular flexibility index (Phi) is 4.45. The lowest BCUT2D eigenvalue weighted by molar-refractivity contribution is -0.129. The van der Waals surface area contributed by atoms with Crippen molar-refractivity contribution in [2.75, 3.05) is 18.1 Å². The molecular formula is C11H20O2S. The molecule has 0 bridgehead atoms. The molecule has 0 aromatic rings. The summed E-state index contributed by atoms with van der Waals surface area (Å²) in [5.41, 5.74) is 0.247. The average Bonchev–Trinajstić information content (AvgIpc) is 2.14. The first kappa shape index (κ1) is 12.1. The van der Waals surface area contributed by atoms with Crippen molar-refractivity contribution < 1.29 is 9.53 Å². The van der Waals surface area contributed by atoms with Crippen LogP contribution in [-0.4, -0.2) is 30.0 Å². The van der Waals surface area contributed by atoms with Crippen LogP contribution in [0.5, 0.6) is 0 Å². The van der Waals surface area contributed by atoms with Gasteiger partial charge in [0.05, 0.1) is 6.61 Å². The number of thioether (sulfide) groups is 1. The Morgan fingerprint density at radius 3 is 2.71 bits per heavy atom. The lowest BCUT2D eigenvalue weighted by Gasteiger charge is -2.23. The second-order valence-electron chi connectivity index (χ2n) is 4.96. The van der Waals surface area contributed by atoms with Crippen LogP contribution in [0.3, 0.4) is 0 Å². The van der Waals surface area contributed by atoms with Crippen LogP contribution in [0.4, 0.5) is 0 Å². The zero-order chi connectivity index (χ0) is 10.6. The zero-order valence-corrected chi connectivity index (χ0v) is 10.2. The predicted molar refractivity (Wildman–Crippen MR) is 60.8 cm³/mol. The van der Waals surface area contributed by atoms with Gasteiger partial charge in [-0.15, -0.1) is 0 Å². The van der Waals surface area contributed by atoms with E-state index in [1.807, 2.05) is 11.8 Å². The molecule has 3 heteroatoms. The van der Waals surface area contributed by atoms with Gasteiger partial charge in [0.25, 0.3) is 0 Å². The van der Waals surface area contributed by atoms with Crippen molar-refractivity contribution in [3.8, 4) is 0 Å². The number of ether oxygens (including phenoxy) is 1. The van der Waals surface area contributed by atoms with E-state index in [2.05, 4.69) is 20.8 Å². The van der Waals surface area contributed by atoms with Gasteiger partial charge in [-0.05, 0) is 11.8 Å². The Morgan fingerprint density at radius 1 is 1.50 bits per heavy atom. The monoisotopic (exact) mass is 216 g/mol. The van der Waals surface area contributed by atoms with Crippen LogP contribution in [0.25, 0.3) is 0 Å². The largest absolute Gasteiger partial charge is 0.369 e. The summed E-state index contributed by atoms with van der Waals surface area (Å²) in [4.78, 5) is 11.7. The zero-order valence-electron chi connectivity index (χ0n) is 9.34. The second-order valence-corrected chi connectivity index (χ2v) is 6.11. The van der Waals surface area contributed by atoms with E-state index in [-0.39, 0.29) is 17.3 Å². The molecule has 0 radical (unpaired) electrons. The van der Waals surface area contributed by atoms with Crippen LogP contribution in [0, 0.1) is 5.41 Å². The van der Waals surface area contributed by atoms with Crippen LogP contribution in [0.2, 0.25) is 0 Å². The second kappa shape index (κ2) is 5.17. The Morgan fingerprint density at radius 2 is 2.21 bits per heavy atom. The highest BCUT2D eigenvalue weighted by atomic mass is 32.2. The van der Waals surface area contributed by atoms with E-state index in [0.29, 0.717) is 6.42 Å². The molecule has 0 aliphatic carbocycles. The maximum atomic E-state index is 11.7. The van der Waals surface area contributed by atoms with Gasteiger partial charge in [0.15, 0.2) is 5.78 Å². The minimum Gasteiger partial charge on any atom is -0.369 e. The van der Waals surface area contributed by atoms with Gasteiger partial charge in [-0.3, -0.25) is 4.79 Å². The summed E-state index contributed by atoms with van der Waals surface area (Å²) in [6.45, 7) is 7.22. The van der Waals surface area contributed by atoms with Gasteiger partial charge in [0.1, 0.15) is 6.10 Å². The van der Waals surface area contributed by atoms with Gasteiger partial charge in [0, 0.05) is 17.9 Å². The molecule has 2 nitrogen and oxygen atoms in total. The summed E-state index contributed by atoms with van der Waals surface area (Å²) < 4.78 is 5.43. The maximum Gasteiger partial charge on any atom is 0.162 e. The Labute approximate surface area is 90.8 Å². The highest BCUT2D eigenvalue weighted by Crippen LogP contribution is 2.22. The summed E-state index contributed by atoms with van der Waals surface area (Å²) in [5, 5.41) is 0. The Bertz CT molecular complexity index is 190. The molecule has 0 saturated carbocycles. The molecule has 0 N–H and O–H groups in total. The standard InChI is InChI=1S/C11H20O2S/c1-11(2,3)5-4-9(12)10-8-14-7-6-13-10/h10H,4-8H2,1-3H3. The molecule has 1 fully saturated rings. The fraction of sp³-hybridized carbons (Fsp3) is 0.909. The van der Waals surface area contributed by atoms with Crippen LogP contribution in [0.1, 0.15) is 33.6 Å². The summed E-state index contributed by atoms with van der Waals surface area (Å²) in [5.74, 6) is 2.17. The predicted octanol–water partition coefficient (Wildman–Crippen LogP) is 2.51. The van der Waals surface area contributed by atoms with Crippen LogP contribution >= 0.6 is 11.8 Å². The van der Waals surface area contributed by atoms with E-state index in [1.54, 1.807) is 0 Å². The smallest absolute Gasteiger partial charge is 0.162 e. The molecule has 1 heterocycles. The maximum absolute atomic E-state index is 11.7. The van der Waals surface area contributed by atoms with Crippen molar-refractivity contribution in [1.82, 2.24) is 0 Å².